The van der Waals surface area contributed by atoms with Crippen molar-refractivity contribution in [3.8, 4) is 11.3 Å². The quantitative estimate of drug-likeness (QED) is 0.631. The summed E-state index contributed by atoms with van der Waals surface area (Å²) in [5.74, 6) is -0.228. The van der Waals surface area contributed by atoms with Crippen LogP contribution < -0.4 is 0 Å². The lowest BCUT2D eigenvalue weighted by Gasteiger charge is -2.12. The third kappa shape index (κ3) is 3.97. The first-order chi connectivity index (χ1) is 14.2. The Balaban J connectivity index is 1.69. The van der Waals surface area contributed by atoms with E-state index in [2.05, 4.69) is 21.0 Å². The van der Waals surface area contributed by atoms with Gasteiger partial charge >= 0.3 is 5.97 Å². The van der Waals surface area contributed by atoms with E-state index >= 15 is 0 Å². The van der Waals surface area contributed by atoms with Gasteiger partial charge in [0, 0.05) is 18.2 Å². The number of H-pyrrole nitrogens is 1. The molecule has 0 aliphatic heterocycles. The molecule has 2 heterocycles. The molecule has 0 saturated carbocycles. The summed E-state index contributed by atoms with van der Waals surface area (Å²) in [6.07, 6.45) is 9.62. The van der Waals surface area contributed by atoms with Gasteiger partial charge in [0.15, 0.2) is 5.78 Å². The zero-order valence-electron chi connectivity index (χ0n) is 16.4. The van der Waals surface area contributed by atoms with Crippen molar-refractivity contribution >= 4 is 22.8 Å². The molecule has 0 saturated heterocycles. The molecule has 0 amide bonds. The van der Waals surface area contributed by atoms with E-state index in [1.54, 1.807) is 13.1 Å². The maximum absolute atomic E-state index is 12.6. The van der Waals surface area contributed by atoms with E-state index in [9.17, 15) is 9.59 Å². The Morgan fingerprint density at radius 3 is 2.90 bits per heavy atom. The highest BCUT2D eigenvalue weighted by atomic mass is 16.5. The lowest BCUT2D eigenvalue weighted by molar-refractivity contribution is -0.115. The summed E-state index contributed by atoms with van der Waals surface area (Å²) in [5, 5.41) is 0.629. The number of allylic oxidation sites excluding steroid dienone is 2. The molecule has 0 spiro atoms. The average molecular weight is 389 g/mol. The van der Waals surface area contributed by atoms with Gasteiger partial charge in [0.05, 0.1) is 23.3 Å². The van der Waals surface area contributed by atoms with Crippen LogP contribution in [-0.4, -0.2) is 33.3 Å². The summed E-state index contributed by atoms with van der Waals surface area (Å²) in [7, 11) is 0. The summed E-state index contributed by atoms with van der Waals surface area (Å²) in [4.78, 5) is 36.7. The van der Waals surface area contributed by atoms with Crippen LogP contribution in [0.4, 0.5) is 0 Å². The number of ether oxygens (including phenoxy) is 1. The van der Waals surface area contributed by atoms with Crippen molar-refractivity contribution in [1.29, 1.82) is 0 Å². The molecule has 0 fully saturated rings. The van der Waals surface area contributed by atoms with E-state index in [0.29, 0.717) is 35.3 Å². The first kappa shape index (κ1) is 19.1. The van der Waals surface area contributed by atoms with E-state index < -0.39 is 5.97 Å². The third-order valence-electron chi connectivity index (χ3n) is 5.18. The number of aromatic nitrogens is 3. The van der Waals surface area contributed by atoms with E-state index in [1.165, 1.54) is 6.33 Å². The smallest absolute Gasteiger partial charge is 0.340 e. The molecule has 29 heavy (non-hydrogen) atoms. The van der Waals surface area contributed by atoms with E-state index in [0.717, 1.165) is 42.4 Å². The molecule has 6 nitrogen and oxygen atoms in total. The van der Waals surface area contributed by atoms with Gasteiger partial charge in [-0.3, -0.25) is 4.79 Å². The molecule has 0 atom stereocenters. The predicted octanol–water partition coefficient (Wildman–Crippen LogP) is 4.41. The van der Waals surface area contributed by atoms with Crippen molar-refractivity contribution in [2.24, 2.45) is 0 Å². The minimum atomic E-state index is -0.412. The standard InChI is InChI=1S/C23H23N3O3/c1-2-29-23(28)18-13-24-22-20(18)21(25-14-26-22)17-10-6-7-15(11-17)12-19(27)16-8-4-3-5-9-16/h6-8,10-11,13-14H,2-5,9,12H2,1H3,(H,24,25,26). The Bertz CT molecular complexity index is 1100. The zero-order chi connectivity index (χ0) is 20.2. The van der Waals surface area contributed by atoms with Gasteiger partial charge in [-0.15, -0.1) is 0 Å². The summed E-state index contributed by atoms with van der Waals surface area (Å²) in [5.41, 5.74) is 4.34. The minimum Gasteiger partial charge on any atom is -0.462 e. The molecule has 1 N–H and O–H groups in total. The first-order valence-electron chi connectivity index (χ1n) is 9.98. The lowest BCUT2D eigenvalue weighted by Crippen LogP contribution is -2.09. The number of hydrogen-bond acceptors (Lipinski definition) is 5. The highest BCUT2D eigenvalue weighted by Crippen LogP contribution is 2.29. The van der Waals surface area contributed by atoms with Gasteiger partial charge in [0.25, 0.3) is 0 Å². The Kier molecular flexibility index (Phi) is 5.51. The van der Waals surface area contributed by atoms with Crippen molar-refractivity contribution < 1.29 is 14.3 Å². The largest absolute Gasteiger partial charge is 0.462 e. The maximum atomic E-state index is 12.6. The molecule has 0 unspecified atom stereocenters. The Hall–Kier alpha value is -3.28. The molecule has 148 valence electrons. The number of carbonyl (C=O) groups excluding carboxylic acids is 2. The number of benzene rings is 1. The second-order valence-electron chi connectivity index (χ2n) is 7.14. The van der Waals surface area contributed by atoms with Crippen LogP contribution in [0, 0.1) is 0 Å². The summed E-state index contributed by atoms with van der Waals surface area (Å²) >= 11 is 0. The number of esters is 1. The monoisotopic (exact) mass is 389 g/mol. The molecule has 4 rings (SSSR count). The van der Waals surface area contributed by atoms with E-state index in [1.807, 2.05) is 24.3 Å². The predicted molar refractivity (Wildman–Crippen MR) is 111 cm³/mol. The van der Waals surface area contributed by atoms with Crippen molar-refractivity contribution in [1.82, 2.24) is 15.0 Å². The number of aromatic amines is 1. The van der Waals surface area contributed by atoms with Crippen molar-refractivity contribution in [3.05, 3.63) is 59.6 Å². The van der Waals surface area contributed by atoms with Crippen LogP contribution in [0.3, 0.4) is 0 Å². The first-order valence-corrected chi connectivity index (χ1v) is 9.98. The molecule has 0 radical (unpaired) electrons. The van der Waals surface area contributed by atoms with Crippen molar-refractivity contribution in [2.75, 3.05) is 6.61 Å². The molecular weight excluding hydrogens is 366 g/mol. The highest BCUT2D eigenvalue weighted by molar-refractivity contribution is 6.08. The van der Waals surface area contributed by atoms with Gasteiger partial charge in [-0.05, 0) is 49.8 Å². The summed E-state index contributed by atoms with van der Waals surface area (Å²) in [6, 6.07) is 7.76. The highest BCUT2D eigenvalue weighted by Gasteiger charge is 2.19. The molecular formula is C23H23N3O3. The fourth-order valence-electron chi connectivity index (χ4n) is 3.77. The topological polar surface area (TPSA) is 84.9 Å². The molecule has 1 aliphatic carbocycles. The summed E-state index contributed by atoms with van der Waals surface area (Å²) < 4.78 is 5.16. The molecule has 0 bridgehead atoms. The van der Waals surface area contributed by atoms with E-state index in [-0.39, 0.29) is 5.78 Å². The van der Waals surface area contributed by atoms with E-state index in [4.69, 9.17) is 4.74 Å². The van der Waals surface area contributed by atoms with Crippen LogP contribution in [0.25, 0.3) is 22.3 Å². The Morgan fingerprint density at radius 1 is 1.21 bits per heavy atom. The number of carbonyl (C=O) groups is 2. The van der Waals surface area contributed by atoms with Crippen LogP contribution in [0.5, 0.6) is 0 Å². The van der Waals surface area contributed by atoms with Gasteiger partial charge < -0.3 is 9.72 Å². The Morgan fingerprint density at radius 2 is 2.10 bits per heavy atom. The minimum absolute atomic E-state index is 0.184. The van der Waals surface area contributed by atoms with Crippen LogP contribution in [0.15, 0.2) is 48.4 Å². The second kappa shape index (κ2) is 8.39. The lowest BCUT2D eigenvalue weighted by atomic mass is 9.92. The molecule has 1 aromatic carbocycles. The Labute approximate surface area is 169 Å². The van der Waals surface area contributed by atoms with Gasteiger partial charge in [-0.25, -0.2) is 14.8 Å². The zero-order valence-corrected chi connectivity index (χ0v) is 16.4. The second-order valence-corrected chi connectivity index (χ2v) is 7.14. The third-order valence-corrected chi connectivity index (χ3v) is 5.18. The van der Waals surface area contributed by atoms with Crippen molar-refractivity contribution in [2.45, 2.75) is 39.0 Å². The van der Waals surface area contributed by atoms with Crippen LogP contribution in [-0.2, 0) is 16.0 Å². The van der Waals surface area contributed by atoms with Gasteiger partial charge in [-0.1, -0.05) is 24.3 Å². The molecule has 2 aromatic heterocycles. The fraction of sp³-hybridized carbons (Fsp3) is 0.304. The van der Waals surface area contributed by atoms with Crippen LogP contribution >= 0.6 is 0 Å². The summed E-state index contributed by atoms with van der Waals surface area (Å²) in [6.45, 7) is 2.06. The molecule has 1 aliphatic rings. The van der Waals surface area contributed by atoms with Crippen LogP contribution in [0.1, 0.15) is 48.5 Å². The van der Waals surface area contributed by atoms with Crippen molar-refractivity contribution in [3.63, 3.8) is 0 Å². The van der Waals surface area contributed by atoms with Crippen LogP contribution in [0.2, 0.25) is 0 Å². The number of Topliss-reactive ketones (excluding diaryl/α,β-unsaturated/α-hetero) is 1. The fourth-order valence-corrected chi connectivity index (χ4v) is 3.77. The molecule has 6 heteroatoms. The van der Waals surface area contributed by atoms with Gasteiger partial charge in [-0.2, -0.15) is 0 Å². The van der Waals surface area contributed by atoms with Gasteiger partial charge in [0.2, 0.25) is 0 Å². The number of fused-ring (bicyclic) bond motifs is 1. The molecule has 3 aromatic rings. The number of rotatable bonds is 6. The average Bonchev–Trinajstić information content (AvgIpc) is 3.19. The number of hydrogen-bond donors (Lipinski definition) is 1. The normalized spacial score (nSPS) is 13.9. The SMILES string of the molecule is CCOC(=O)c1c[nH]c2ncnc(-c3cccc(CC(=O)C4=CCCCC4)c3)c12. The number of ketones is 1. The maximum Gasteiger partial charge on any atom is 0.340 e. The van der Waals surface area contributed by atoms with Gasteiger partial charge in [0.1, 0.15) is 12.0 Å². The number of nitrogens with zero attached hydrogens (tertiary/aromatic N) is 2. The number of nitrogens with one attached hydrogen (secondary N) is 1.